The molecule has 0 aromatic carbocycles. The fourth-order valence-corrected chi connectivity index (χ4v) is 2.10. The standard InChI is InChI=1S/C10H14N2O2/c1-6-7(3-10(13)14)8-4-12(2)5-9(8)11-6/h11H,3-5H2,1-2H3,(H,13,14). The molecular formula is C10H14N2O2. The van der Waals surface area contributed by atoms with Crippen molar-refractivity contribution in [3.8, 4) is 0 Å². The number of rotatable bonds is 2. The summed E-state index contributed by atoms with van der Waals surface area (Å²) in [5.41, 5.74) is 4.34. The van der Waals surface area contributed by atoms with E-state index in [-0.39, 0.29) is 6.42 Å². The van der Waals surface area contributed by atoms with Gasteiger partial charge >= 0.3 is 5.97 Å². The highest BCUT2D eigenvalue weighted by molar-refractivity contribution is 5.71. The van der Waals surface area contributed by atoms with E-state index in [1.54, 1.807) is 0 Å². The fourth-order valence-electron chi connectivity index (χ4n) is 2.10. The van der Waals surface area contributed by atoms with Crippen molar-refractivity contribution in [1.29, 1.82) is 0 Å². The Hall–Kier alpha value is -1.29. The molecule has 0 atom stereocenters. The summed E-state index contributed by atoms with van der Waals surface area (Å²) in [5.74, 6) is -0.760. The Morgan fingerprint density at radius 2 is 2.29 bits per heavy atom. The number of hydrogen-bond acceptors (Lipinski definition) is 2. The minimum absolute atomic E-state index is 0.130. The van der Waals surface area contributed by atoms with Crippen molar-refractivity contribution in [2.24, 2.45) is 0 Å². The number of carbonyl (C=O) groups is 1. The van der Waals surface area contributed by atoms with Crippen LogP contribution in [0.4, 0.5) is 0 Å². The Morgan fingerprint density at radius 3 is 2.93 bits per heavy atom. The molecule has 2 heterocycles. The highest BCUT2D eigenvalue weighted by Crippen LogP contribution is 2.27. The first-order valence-corrected chi connectivity index (χ1v) is 4.67. The maximum absolute atomic E-state index is 10.7. The smallest absolute Gasteiger partial charge is 0.307 e. The number of hydrogen-bond donors (Lipinski definition) is 2. The van der Waals surface area contributed by atoms with Crippen LogP contribution in [0.1, 0.15) is 22.5 Å². The van der Waals surface area contributed by atoms with E-state index in [2.05, 4.69) is 9.88 Å². The molecule has 14 heavy (non-hydrogen) atoms. The van der Waals surface area contributed by atoms with Gasteiger partial charge in [0.1, 0.15) is 0 Å². The third-order valence-electron chi connectivity index (χ3n) is 2.70. The molecule has 0 fully saturated rings. The number of carboxylic acid groups (broad SMARTS) is 1. The highest BCUT2D eigenvalue weighted by Gasteiger charge is 2.23. The Labute approximate surface area is 82.5 Å². The summed E-state index contributed by atoms with van der Waals surface area (Å²) < 4.78 is 0. The van der Waals surface area contributed by atoms with Crippen molar-refractivity contribution in [3.05, 3.63) is 22.5 Å². The molecule has 76 valence electrons. The van der Waals surface area contributed by atoms with Gasteiger partial charge in [-0.1, -0.05) is 0 Å². The minimum Gasteiger partial charge on any atom is -0.481 e. The van der Waals surface area contributed by atoms with Crippen LogP contribution in [0, 0.1) is 6.92 Å². The van der Waals surface area contributed by atoms with Crippen LogP contribution in [-0.2, 0) is 24.3 Å². The molecule has 2 N–H and O–H groups in total. The van der Waals surface area contributed by atoms with Gasteiger partial charge in [-0.25, -0.2) is 0 Å². The number of fused-ring (bicyclic) bond motifs is 1. The van der Waals surface area contributed by atoms with Gasteiger partial charge in [0.15, 0.2) is 0 Å². The van der Waals surface area contributed by atoms with Crippen LogP contribution in [0.15, 0.2) is 0 Å². The summed E-state index contributed by atoms with van der Waals surface area (Å²) in [4.78, 5) is 16.1. The third-order valence-corrected chi connectivity index (χ3v) is 2.70. The fraction of sp³-hybridized carbons (Fsp3) is 0.500. The van der Waals surface area contributed by atoms with E-state index < -0.39 is 5.97 Å². The number of aliphatic carboxylic acids is 1. The molecule has 1 aliphatic rings. The normalized spacial score (nSPS) is 15.9. The monoisotopic (exact) mass is 194 g/mol. The summed E-state index contributed by atoms with van der Waals surface area (Å²) in [5, 5.41) is 8.78. The molecule has 1 aromatic heterocycles. The lowest BCUT2D eigenvalue weighted by Gasteiger charge is -2.06. The van der Waals surface area contributed by atoms with Gasteiger partial charge in [0.2, 0.25) is 0 Å². The average Bonchev–Trinajstić information content (AvgIpc) is 2.51. The zero-order chi connectivity index (χ0) is 10.3. The second-order valence-corrected chi connectivity index (χ2v) is 3.93. The van der Waals surface area contributed by atoms with Crippen molar-refractivity contribution < 1.29 is 9.90 Å². The van der Waals surface area contributed by atoms with Gasteiger partial charge in [-0.15, -0.1) is 0 Å². The zero-order valence-corrected chi connectivity index (χ0v) is 8.42. The molecule has 0 amide bonds. The van der Waals surface area contributed by atoms with Crippen LogP contribution >= 0.6 is 0 Å². The summed E-state index contributed by atoms with van der Waals surface area (Å²) in [6, 6.07) is 0. The Kier molecular flexibility index (Phi) is 2.07. The van der Waals surface area contributed by atoms with Gasteiger partial charge in [0, 0.05) is 24.5 Å². The molecular weight excluding hydrogens is 180 g/mol. The van der Waals surface area contributed by atoms with Crippen LogP contribution in [-0.4, -0.2) is 28.0 Å². The molecule has 0 spiro atoms. The predicted molar refractivity (Wildman–Crippen MR) is 52.0 cm³/mol. The van der Waals surface area contributed by atoms with Gasteiger partial charge in [0.05, 0.1) is 6.42 Å². The number of aryl methyl sites for hydroxylation is 1. The first-order valence-electron chi connectivity index (χ1n) is 4.67. The molecule has 1 aromatic rings. The first-order chi connectivity index (χ1) is 6.58. The number of aromatic amines is 1. The lowest BCUT2D eigenvalue weighted by atomic mass is 10.1. The van der Waals surface area contributed by atoms with Crippen molar-refractivity contribution in [2.75, 3.05) is 7.05 Å². The number of nitrogens with zero attached hydrogens (tertiary/aromatic N) is 1. The second-order valence-electron chi connectivity index (χ2n) is 3.93. The van der Waals surface area contributed by atoms with Crippen LogP contribution in [0.3, 0.4) is 0 Å². The molecule has 0 unspecified atom stereocenters. The second kappa shape index (κ2) is 3.13. The summed E-state index contributed by atoms with van der Waals surface area (Å²) in [7, 11) is 2.04. The maximum Gasteiger partial charge on any atom is 0.307 e. The van der Waals surface area contributed by atoms with Gasteiger partial charge in [-0.3, -0.25) is 9.69 Å². The third kappa shape index (κ3) is 1.42. The summed E-state index contributed by atoms with van der Waals surface area (Å²) in [6.07, 6.45) is 0.130. The van der Waals surface area contributed by atoms with Crippen molar-refractivity contribution in [2.45, 2.75) is 26.4 Å². The number of aromatic nitrogens is 1. The number of H-pyrrole nitrogens is 1. The molecule has 4 heteroatoms. The van der Waals surface area contributed by atoms with Gasteiger partial charge in [0.25, 0.3) is 0 Å². The molecule has 4 nitrogen and oxygen atoms in total. The van der Waals surface area contributed by atoms with Gasteiger partial charge < -0.3 is 10.1 Å². The predicted octanol–water partition coefficient (Wildman–Crippen LogP) is 0.896. The van der Waals surface area contributed by atoms with Crippen LogP contribution in [0.2, 0.25) is 0 Å². The molecule has 0 saturated heterocycles. The lowest BCUT2D eigenvalue weighted by Crippen LogP contribution is -2.10. The van der Waals surface area contributed by atoms with Crippen LogP contribution in [0.5, 0.6) is 0 Å². The van der Waals surface area contributed by atoms with Crippen molar-refractivity contribution >= 4 is 5.97 Å². The van der Waals surface area contributed by atoms with E-state index in [0.717, 1.165) is 24.3 Å². The lowest BCUT2D eigenvalue weighted by molar-refractivity contribution is -0.136. The molecule has 0 bridgehead atoms. The summed E-state index contributed by atoms with van der Waals surface area (Å²) in [6.45, 7) is 3.70. The largest absolute Gasteiger partial charge is 0.481 e. The zero-order valence-electron chi connectivity index (χ0n) is 8.42. The number of nitrogens with one attached hydrogen (secondary N) is 1. The molecule has 0 saturated carbocycles. The Balaban J connectivity index is 2.36. The van der Waals surface area contributed by atoms with E-state index in [1.807, 2.05) is 14.0 Å². The summed E-state index contributed by atoms with van der Waals surface area (Å²) >= 11 is 0. The van der Waals surface area contributed by atoms with Crippen LogP contribution < -0.4 is 0 Å². The van der Waals surface area contributed by atoms with Gasteiger partial charge in [-0.2, -0.15) is 0 Å². The topological polar surface area (TPSA) is 56.3 Å². The maximum atomic E-state index is 10.7. The Morgan fingerprint density at radius 1 is 1.57 bits per heavy atom. The molecule has 0 radical (unpaired) electrons. The minimum atomic E-state index is -0.760. The molecule has 2 rings (SSSR count). The van der Waals surface area contributed by atoms with Crippen molar-refractivity contribution in [3.63, 3.8) is 0 Å². The van der Waals surface area contributed by atoms with Crippen LogP contribution in [0.25, 0.3) is 0 Å². The quantitative estimate of drug-likeness (QED) is 0.735. The van der Waals surface area contributed by atoms with E-state index in [9.17, 15) is 4.79 Å². The highest BCUT2D eigenvalue weighted by atomic mass is 16.4. The van der Waals surface area contributed by atoms with E-state index >= 15 is 0 Å². The van der Waals surface area contributed by atoms with E-state index in [4.69, 9.17) is 5.11 Å². The van der Waals surface area contributed by atoms with E-state index in [1.165, 1.54) is 11.3 Å². The first kappa shape index (κ1) is 9.27. The molecule has 0 aliphatic carbocycles. The Bertz CT molecular complexity index is 382. The molecule has 1 aliphatic heterocycles. The number of carboxylic acids is 1. The SMILES string of the molecule is Cc1[nH]c2c(c1CC(=O)O)CN(C)C2. The average molecular weight is 194 g/mol. The van der Waals surface area contributed by atoms with Crippen molar-refractivity contribution in [1.82, 2.24) is 9.88 Å². The van der Waals surface area contributed by atoms with Gasteiger partial charge in [-0.05, 0) is 25.1 Å². The van der Waals surface area contributed by atoms with E-state index in [0.29, 0.717) is 0 Å².